The molecular formula is C22H31Cl3N4O. The molecule has 1 aromatic carbocycles. The quantitative estimate of drug-likeness (QED) is 0.660. The minimum absolute atomic E-state index is 0. The predicted octanol–water partition coefficient (Wildman–Crippen LogP) is 3.90. The number of hydrogen-bond donors (Lipinski definition) is 0. The van der Waals surface area contributed by atoms with Crippen molar-refractivity contribution in [3.63, 3.8) is 0 Å². The van der Waals surface area contributed by atoms with Crippen LogP contribution >= 0.6 is 36.4 Å². The van der Waals surface area contributed by atoms with Crippen molar-refractivity contribution in [3.05, 3.63) is 64.4 Å². The second-order valence-corrected chi connectivity index (χ2v) is 8.02. The molecule has 1 saturated heterocycles. The third kappa shape index (κ3) is 6.31. The van der Waals surface area contributed by atoms with Crippen LogP contribution < -0.4 is 0 Å². The van der Waals surface area contributed by atoms with Crippen LogP contribution in [0.15, 0.2) is 42.5 Å². The van der Waals surface area contributed by atoms with Gasteiger partial charge in [0.05, 0.1) is 11.8 Å². The van der Waals surface area contributed by atoms with Crippen LogP contribution in [0.1, 0.15) is 30.3 Å². The second-order valence-electron chi connectivity index (χ2n) is 7.58. The van der Waals surface area contributed by atoms with Gasteiger partial charge in [-0.1, -0.05) is 29.8 Å². The maximum Gasteiger partial charge on any atom is 0.126 e. The molecule has 2 atom stereocenters. The number of likely N-dealkylation sites (N-methyl/N-ethyl adjacent to an activating group) is 1. The Morgan fingerprint density at radius 3 is 2.23 bits per heavy atom. The summed E-state index contributed by atoms with van der Waals surface area (Å²) in [5.41, 5.74) is 1.90. The van der Waals surface area contributed by atoms with Gasteiger partial charge in [-0.15, -0.1) is 24.8 Å². The Kier molecular flexibility index (Phi) is 11.9. The van der Waals surface area contributed by atoms with Crippen molar-refractivity contribution >= 4 is 36.4 Å². The lowest BCUT2D eigenvalue weighted by molar-refractivity contribution is 0.108. The molecule has 5 nitrogen and oxygen atoms in total. The van der Waals surface area contributed by atoms with E-state index in [1.54, 1.807) is 0 Å². The number of pyridine rings is 1. The lowest BCUT2D eigenvalue weighted by atomic mass is 9.73. The number of benzene rings is 1. The molecule has 1 aliphatic heterocycles. The molecule has 3 rings (SSSR count). The number of rotatable bonds is 5. The van der Waals surface area contributed by atoms with Crippen molar-refractivity contribution in [1.82, 2.24) is 14.8 Å². The fraction of sp³-hybridized carbons (Fsp3) is 0.455. The molecular weight excluding hydrogens is 443 g/mol. The highest BCUT2D eigenvalue weighted by atomic mass is 35.5. The van der Waals surface area contributed by atoms with Gasteiger partial charge < -0.3 is 10.4 Å². The van der Waals surface area contributed by atoms with Gasteiger partial charge in [0, 0.05) is 42.9 Å². The highest BCUT2D eigenvalue weighted by Crippen LogP contribution is 2.37. The van der Waals surface area contributed by atoms with E-state index in [2.05, 4.69) is 29.8 Å². The number of aryl methyl sites for hydroxylation is 1. The van der Waals surface area contributed by atoms with Gasteiger partial charge in [0.1, 0.15) is 5.41 Å². The summed E-state index contributed by atoms with van der Waals surface area (Å²) in [7, 11) is 2.16. The van der Waals surface area contributed by atoms with Crippen molar-refractivity contribution in [3.8, 4) is 6.07 Å². The molecule has 166 valence electrons. The molecule has 0 aliphatic carbocycles. The third-order valence-electron chi connectivity index (χ3n) is 5.62. The van der Waals surface area contributed by atoms with Gasteiger partial charge in [-0.2, -0.15) is 5.26 Å². The Hall–Kier alpha value is -1.39. The van der Waals surface area contributed by atoms with Crippen LogP contribution in [0.25, 0.3) is 0 Å². The average molecular weight is 474 g/mol. The minimum atomic E-state index is -0.792. The summed E-state index contributed by atoms with van der Waals surface area (Å²) in [4.78, 5) is 9.58. The van der Waals surface area contributed by atoms with E-state index in [1.807, 2.05) is 49.4 Å². The number of nitrogens with zero attached hydrogens (tertiary/aromatic N) is 4. The fourth-order valence-corrected chi connectivity index (χ4v) is 4.01. The summed E-state index contributed by atoms with van der Waals surface area (Å²) in [6.45, 7) is 8.38. The van der Waals surface area contributed by atoms with Gasteiger partial charge in [0.2, 0.25) is 0 Å². The number of aromatic nitrogens is 1. The fourth-order valence-electron chi connectivity index (χ4n) is 3.89. The maximum atomic E-state index is 10.4. The number of piperazine rings is 1. The normalized spacial score (nSPS) is 17.3. The first-order valence-electron chi connectivity index (χ1n) is 9.48. The van der Waals surface area contributed by atoms with Crippen LogP contribution in [0.3, 0.4) is 0 Å². The van der Waals surface area contributed by atoms with Gasteiger partial charge in [-0.25, -0.2) is 0 Å². The summed E-state index contributed by atoms with van der Waals surface area (Å²) in [5.74, 6) is 0. The molecule has 8 heteroatoms. The van der Waals surface area contributed by atoms with Gasteiger partial charge in [-0.05, 0) is 57.1 Å². The van der Waals surface area contributed by atoms with Gasteiger partial charge in [0.25, 0.3) is 0 Å². The van der Waals surface area contributed by atoms with Crippen molar-refractivity contribution in [2.45, 2.75) is 31.7 Å². The number of halogens is 3. The largest absolute Gasteiger partial charge is 0.412 e. The van der Waals surface area contributed by atoms with Crippen molar-refractivity contribution in [2.24, 2.45) is 0 Å². The molecule has 30 heavy (non-hydrogen) atoms. The summed E-state index contributed by atoms with van der Waals surface area (Å²) in [5, 5.41) is 11.1. The molecule has 2 heterocycles. The highest BCUT2D eigenvalue weighted by molar-refractivity contribution is 6.30. The Balaban J connectivity index is 0.00000280. The average Bonchev–Trinajstić information content (AvgIpc) is 2.67. The Bertz CT molecular complexity index is 820. The molecule has 2 N–H and O–H groups in total. The first kappa shape index (κ1) is 28.6. The molecule has 1 aromatic heterocycles. The molecule has 0 bridgehead atoms. The van der Waals surface area contributed by atoms with Gasteiger partial charge >= 0.3 is 0 Å². The molecule has 0 spiro atoms. The summed E-state index contributed by atoms with van der Waals surface area (Å²) < 4.78 is 0. The summed E-state index contributed by atoms with van der Waals surface area (Å²) in [6, 6.07) is 16.5. The number of nitriles is 1. The molecule has 2 unspecified atom stereocenters. The molecule has 2 aromatic rings. The molecule has 1 aliphatic rings. The van der Waals surface area contributed by atoms with Crippen LogP contribution in [0.2, 0.25) is 5.02 Å². The SMILES string of the molecule is Cc1cccc(C(C#N)(CC(C)N2CCN(C)CC2)c2ccc(Cl)cc2)n1.Cl.Cl.O. The zero-order valence-electron chi connectivity index (χ0n) is 17.6. The number of hydrogen-bond acceptors (Lipinski definition) is 4. The first-order valence-corrected chi connectivity index (χ1v) is 9.86. The second kappa shape index (κ2) is 12.5. The summed E-state index contributed by atoms with van der Waals surface area (Å²) in [6.07, 6.45) is 0.700. The van der Waals surface area contributed by atoms with E-state index >= 15 is 0 Å². The van der Waals surface area contributed by atoms with Crippen LogP contribution in [0, 0.1) is 18.3 Å². The topological polar surface area (TPSA) is 74.7 Å². The van der Waals surface area contributed by atoms with E-state index in [4.69, 9.17) is 16.6 Å². The summed E-state index contributed by atoms with van der Waals surface area (Å²) >= 11 is 6.11. The molecule has 1 fully saturated rings. The monoisotopic (exact) mass is 472 g/mol. The zero-order valence-corrected chi connectivity index (χ0v) is 20.0. The van der Waals surface area contributed by atoms with Crippen LogP contribution in [0.5, 0.6) is 0 Å². The maximum absolute atomic E-state index is 10.4. The van der Waals surface area contributed by atoms with Crippen molar-refractivity contribution < 1.29 is 5.48 Å². The van der Waals surface area contributed by atoms with Gasteiger partial charge in [0.15, 0.2) is 0 Å². The van der Waals surface area contributed by atoms with Crippen LogP contribution in [-0.4, -0.2) is 59.5 Å². The van der Waals surface area contributed by atoms with Crippen molar-refractivity contribution in [2.75, 3.05) is 33.2 Å². The Morgan fingerprint density at radius 1 is 1.10 bits per heavy atom. The minimum Gasteiger partial charge on any atom is -0.412 e. The zero-order chi connectivity index (χ0) is 19.4. The molecule has 0 amide bonds. The van der Waals surface area contributed by atoms with E-state index in [9.17, 15) is 5.26 Å². The standard InChI is InChI=1S/C22H27ClN4.2ClH.H2O/c1-17-5-4-6-21(25-17)22(16-24,19-7-9-20(23)10-8-19)15-18(2)27-13-11-26(3)12-14-27;;;/h4-10,18H,11-15H2,1-3H3;2*1H;1H2. The Morgan fingerprint density at radius 2 is 1.70 bits per heavy atom. The third-order valence-corrected chi connectivity index (χ3v) is 5.87. The van der Waals surface area contributed by atoms with Crippen LogP contribution in [-0.2, 0) is 5.41 Å². The van der Waals surface area contributed by atoms with E-state index in [-0.39, 0.29) is 36.3 Å². The first-order chi connectivity index (χ1) is 12.9. The van der Waals surface area contributed by atoms with E-state index < -0.39 is 5.41 Å². The lowest BCUT2D eigenvalue weighted by Gasteiger charge is -2.39. The molecule has 0 saturated carbocycles. The highest BCUT2D eigenvalue weighted by Gasteiger charge is 2.39. The van der Waals surface area contributed by atoms with E-state index in [0.29, 0.717) is 11.4 Å². The van der Waals surface area contributed by atoms with Gasteiger partial charge in [-0.3, -0.25) is 9.88 Å². The Labute approximate surface area is 197 Å². The smallest absolute Gasteiger partial charge is 0.126 e. The van der Waals surface area contributed by atoms with E-state index in [1.165, 1.54) is 0 Å². The molecule has 0 radical (unpaired) electrons. The predicted molar refractivity (Wildman–Crippen MR) is 128 cm³/mol. The van der Waals surface area contributed by atoms with E-state index in [0.717, 1.165) is 43.1 Å². The van der Waals surface area contributed by atoms with Crippen molar-refractivity contribution in [1.29, 1.82) is 5.26 Å². The van der Waals surface area contributed by atoms with Crippen LogP contribution in [0.4, 0.5) is 0 Å². The lowest BCUT2D eigenvalue weighted by Crippen LogP contribution is -2.50.